The Labute approximate surface area is 90.2 Å². The first kappa shape index (κ1) is 8.55. The van der Waals surface area contributed by atoms with Crippen LogP contribution in [0.25, 0.3) is 16.3 Å². The highest BCUT2D eigenvalue weighted by Gasteiger charge is 2.09. The van der Waals surface area contributed by atoms with Crippen molar-refractivity contribution in [2.75, 3.05) is 0 Å². The molecule has 0 unspecified atom stereocenters. The Morgan fingerprint density at radius 2 is 2.27 bits per heavy atom. The van der Waals surface area contributed by atoms with Crippen molar-refractivity contribution in [3.05, 3.63) is 35.3 Å². The maximum Gasteiger partial charge on any atom is 0.195 e. The topological polar surface area (TPSA) is 43.1 Å². The van der Waals surface area contributed by atoms with Gasteiger partial charge in [0.1, 0.15) is 0 Å². The van der Waals surface area contributed by atoms with Crippen LogP contribution in [0.5, 0.6) is 0 Å². The van der Waals surface area contributed by atoms with E-state index in [1.54, 1.807) is 15.9 Å². The summed E-state index contributed by atoms with van der Waals surface area (Å²) in [6, 6.07) is 5.98. The van der Waals surface area contributed by atoms with Crippen molar-refractivity contribution in [3.8, 4) is 10.7 Å². The van der Waals surface area contributed by atoms with Crippen molar-refractivity contribution in [1.82, 2.24) is 19.8 Å². The Morgan fingerprint density at radius 3 is 3.07 bits per heavy atom. The molecule has 3 heterocycles. The largest absolute Gasteiger partial charge is 0.195 e. The average Bonchev–Trinajstić information content (AvgIpc) is 2.82. The maximum atomic E-state index is 4.30. The van der Waals surface area contributed by atoms with Crippen LogP contribution in [-0.4, -0.2) is 19.8 Å². The van der Waals surface area contributed by atoms with Crippen molar-refractivity contribution in [3.63, 3.8) is 0 Å². The van der Waals surface area contributed by atoms with Gasteiger partial charge in [0, 0.05) is 0 Å². The zero-order valence-corrected chi connectivity index (χ0v) is 8.90. The van der Waals surface area contributed by atoms with Gasteiger partial charge in [-0.05, 0) is 30.0 Å². The van der Waals surface area contributed by atoms with Crippen molar-refractivity contribution in [2.45, 2.75) is 6.92 Å². The molecule has 0 radical (unpaired) electrons. The van der Waals surface area contributed by atoms with E-state index >= 15 is 0 Å². The van der Waals surface area contributed by atoms with Gasteiger partial charge in [0.15, 0.2) is 11.5 Å². The van der Waals surface area contributed by atoms with Gasteiger partial charge in [-0.1, -0.05) is 6.07 Å². The average molecular weight is 216 g/mol. The predicted molar refractivity (Wildman–Crippen MR) is 58.8 cm³/mol. The van der Waals surface area contributed by atoms with Crippen LogP contribution in [0.4, 0.5) is 0 Å². The zero-order chi connectivity index (χ0) is 10.3. The normalized spacial score (nSPS) is 11.0. The summed E-state index contributed by atoms with van der Waals surface area (Å²) in [5, 5.41) is 14.5. The number of aryl methyl sites for hydroxylation is 1. The molecule has 0 bridgehead atoms. The fourth-order valence-corrected chi connectivity index (χ4v) is 2.14. The molecule has 0 fully saturated rings. The van der Waals surface area contributed by atoms with E-state index in [9.17, 15) is 0 Å². The van der Waals surface area contributed by atoms with E-state index in [0.717, 1.165) is 21.9 Å². The molecule has 0 saturated carbocycles. The summed E-state index contributed by atoms with van der Waals surface area (Å²) in [6.07, 6.45) is 1.81. The van der Waals surface area contributed by atoms with E-state index in [-0.39, 0.29) is 0 Å². The SMILES string of the molecule is Cc1cnn2c(-c3cccs3)nnc2c1. The molecule has 4 nitrogen and oxygen atoms in total. The molecule has 0 saturated heterocycles. The first-order valence-corrected chi connectivity index (χ1v) is 5.44. The molecule has 0 N–H and O–H groups in total. The molecular weight excluding hydrogens is 208 g/mol. The minimum absolute atomic E-state index is 0.790. The highest BCUT2D eigenvalue weighted by Crippen LogP contribution is 2.22. The van der Waals surface area contributed by atoms with Gasteiger partial charge < -0.3 is 0 Å². The second-order valence-electron chi connectivity index (χ2n) is 3.30. The van der Waals surface area contributed by atoms with Crippen molar-refractivity contribution < 1.29 is 0 Å². The summed E-state index contributed by atoms with van der Waals surface area (Å²) in [7, 11) is 0. The molecule has 3 rings (SSSR count). The quantitative estimate of drug-likeness (QED) is 0.626. The summed E-state index contributed by atoms with van der Waals surface area (Å²) >= 11 is 1.64. The van der Waals surface area contributed by atoms with Crippen LogP contribution in [0.15, 0.2) is 29.8 Å². The van der Waals surface area contributed by atoms with Crippen LogP contribution in [0.3, 0.4) is 0 Å². The molecule has 0 atom stereocenters. The van der Waals surface area contributed by atoms with Crippen LogP contribution in [0.1, 0.15) is 5.56 Å². The summed E-state index contributed by atoms with van der Waals surface area (Å²) in [5.74, 6) is 0.806. The summed E-state index contributed by atoms with van der Waals surface area (Å²) in [5.41, 5.74) is 1.88. The molecule has 0 aromatic carbocycles. The molecule has 0 amide bonds. The second kappa shape index (κ2) is 3.13. The third-order valence-electron chi connectivity index (χ3n) is 2.14. The van der Waals surface area contributed by atoms with Crippen LogP contribution in [0, 0.1) is 6.92 Å². The summed E-state index contributed by atoms with van der Waals surface area (Å²) in [4.78, 5) is 1.08. The Morgan fingerprint density at radius 1 is 1.33 bits per heavy atom. The third-order valence-corrected chi connectivity index (χ3v) is 3.01. The summed E-state index contributed by atoms with van der Waals surface area (Å²) < 4.78 is 1.76. The minimum atomic E-state index is 0.790. The molecule has 5 heteroatoms. The van der Waals surface area contributed by atoms with Crippen LogP contribution in [0.2, 0.25) is 0 Å². The van der Waals surface area contributed by atoms with Crippen LogP contribution >= 0.6 is 11.3 Å². The fourth-order valence-electron chi connectivity index (χ4n) is 1.44. The number of hydrogen-bond acceptors (Lipinski definition) is 4. The second-order valence-corrected chi connectivity index (χ2v) is 4.25. The Bertz CT molecular complexity index is 597. The lowest BCUT2D eigenvalue weighted by atomic mass is 10.3. The number of fused-ring (bicyclic) bond motifs is 1. The molecule has 0 aliphatic rings. The van der Waals surface area contributed by atoms with Gasteiger partial charge in [-0.2, -0.15) is 9.61 Å². The molecular formula is C10H8N4S. The van der Waals surface area contributed by atoms with E-state index in [0.29, 0.717) is 0 Å². The van der Waals surface area contributed by atoms with Gasteiger partial charge in [0.2, 0.25) is 0 Å². The first-order valence-electron chi connectivity index (χ1n) is 4.56. The lowest BCUT2D eigenvalue weighted by Crippen LogP contribution is -1.93. The lowest BCUT2D eigenvalue weighted by molar-refractivity contribution is 0.929. The van der Waals surface area contributed by atoms with Crippen LogP contribution in [-0.2, 0) is 0 Å². The Kier molecular flexibility index (Phi) is 1.78. The fraction of sp³-hybridized carbons (Fsp3) is 0.100. The molecule has 74 valence electrons. The molecule has 3 aromatic heterocycles. The van der Waals surface area contributed by atoms with Crippen molar-refractivity contribution >= 4 is 17.0 Å². The number of thiophene rings is 1. The Balaban J connectivity index is 2.29. The number of hydrogen-bond donors (Lipinski definition) is 0. The van der Waals surface area contributed by atoms with E-state index in [4.69, 9.17) is 0 Å². The van der Waals surface area contributed by atoms with Gasteiger partial charge in [-0.15, -0.1) is 21.5 Å². The van der Waals surface area contributed by atoms with Crippen molar-refractivity contribution in [1.29, 1.82) is 0 Å². The van der Waals surface area contributed by atoms with Gasteiger partial charge in [-0.25, -0.2) is 0 Å². The number of nitrogens with zero attached hydrogens (tertiary/aromatic N) is 4. The minimum Gasteiger partial charge on any atom is -0.192 e. The summed E-state index contributed by atoms with van der Waals surface area (Å²) in [6.45, 7) is 1.99. The highest BCUT2D eigenvalue weighted by molar-refractivity contribution is 7.13. The monoisotopic (exact) mass is 216 g/mol. The van der Waals surface area contributed by atoms with Gasteiger partial charge >= 0.3 is 0 Å². The maximum absolute atomic E-state index is 4.30. The van der Waals surface area contributed by atoms with Crippen molar-refractivity contribution in [2.24, 2.45) is 0 Å². The molecule has 3 aromatic rings. The molecule has 15 heavy (non-hydrogen) atoms. The first-order chi connectivity index (χ1) is 7.34. The predicted octanol–water partition coefficient (Wildman–Crippen LogP) is 2.16. The Hall–Kier alpha value is -1.75. The van der Waals surface area contributed by atoms with E-state index in [1.165, 1.54) is 0 Å². The molecule has 0 aliphatic carbocycles. The molecule has 0 spiro atoms. The van der Waals surface area contributed by atoms with Gasteiger partial charge in [0.05, 0.1) is 11.1 Å². The highest BCUT2D eigenvalue weighted by atomic mass is 32.1. The van der Waals surface area contributed by atoms with E-state index in [2.05, 4.69) is 15.3 Å². The van der Waals surface area contributed by atoms with E-state index < -0.39 is 0 Å². The van der Waals surface area contributed by atoms with Crippen LogP contribution < -0.4 is 0 Å². The van der Waals surface area contributed by atoms with Gasteiger partial charge in [0.25, 0.3) is 0 Å². The lowest BCUT2D eigenvalue weighted by Gasteiger charge is -1.95. The number of rotatable bonds is 1. The third kappa shape index (κ3) is 1.32. The van der Waals surface area contributed by atoms with E-state index in [1.807, 2.05) is 36.7 Å². The molecule has 0 aliphatic heterocycles. The zero-order valence-electron chi connectivity index (χ0n) is 8.08. The number of aromatic nitrogens is 4. The van der Waals surface area contributed by atoms with Gasteiger partial charge in [-0.3, -0.25) is 0 Å². The smallest absolute Gasteiger partial charge is 0.192 e. The standard InChI is InChI=1S/C10H8N4S/c1-7-5-9-12-13-10(14(9)11-6-7)8-3-2-4-15-8/h2-6H,1H3.